The summed E-state index contributed by atoms with van der Waals surface area (Å²) in [4.78, 5) is 24.5. The zero-order valence-electron chi connectivity index (χ0n) is 16.6. The van der Waals surface area contributed by atoms with Crippen molar-refractivity contribution in [2.24, 2.45) is 5.41 Å². The molecule has 1 saturated heterocycles. The first-order chi connectivity index (χ1) is 12.5. The Kier molecular flexibility index (Phi) is 6.28. The number of nitrogens with zero attached hydrogens (tertiary/aromatic N) is 3. The number of piperidine rings is 1. The number of rotatable bonds is 5. The normalized spacial score (nSPS) is 23.0. The molecule has 3 rings (SSSR count). The summed E-state index contributed by atoms with van der Waals surface area (Å²) in [5, 5.41) is 0. The summed E-state index contributed by atoms with van der Waals surface area (Å²) in [6.45, 7) is 9.01. The van der Waals surface area contributed by atoms with Crippen molar-refractivity contribution in [2.45, 2.75) is 78.2 Å². The zero-order valence-corrected chi connectivity index (χ0v) is 16.6. The van der Waals surface area contributed by atoms with E-state index >= 15 is 0 Å². The van der Waals surface area contributed by atoms with Crippen molar-refractivity contribution >= 4 is 5.91 Å². The second kappa shape index (κ2) is 8.47. The average molecular weight is 360 g/mol. The zero-order chi connectivity index (χ0) is 18.6. The van der Waals surface area contributed by atoms with Crippen molar-refractivity contribution < 1.29 is 9.53 Å². The van der Waals surface area contributed by atoms with Crippen molar-refractivity contribution in [3.05, 3.63) is 23.3 Å². The molecular weight excluding hydrogens is 326 g/mol. The van der Waals surface area contributed by atoms with Crippen LogP contribution in [0.5, 0.6) is 0 Å². The number of amides is 1. The van der Waals surface area contributed by atoms with Crippen LogP contribution in [0.4, 0.5) is 0 Å². The maximum Gasteiger partial charge on any atom is 0.228 e. The molecule has 5 nitrogen and oxygen atoms in total. The van der Waals surface area contributed by atoms with Gasteiger partial charge in [0.1, 0.15) is 5.82 Å². The first-order valence-electron chi connectivity index (χ1n) is 10.2. The maximum absolute atomic E-state index is 13.2. The molecule has 2 fully saturated rings. The van der Waals surface area contributed by atoms with Crippen molar-refractivity contribution in [3.8, 4) is 0 Å². The predicted octanol–water partition coefficient (Wildman–Crippen LogP) is 4.00. The molecule has 0 spiro atoms. The molecule has 1 aliphatic heterocycles. The van der Waals surface area contributed by atoms with Gasteiger partial charge in [0, 0.05) is 42.8 Å². The van der Waals surface area contributed by atoms with E-state index in [-0.39, 0.29) is 11.3 Å². The van der Waals surface area contributed by atoms with E-state index in [2.05, 4.69) is 16.8 Å². The molecule has 1 aromatic heterocycles. The molecule has 2 aliphatic rings. The maximum atomic E-state index is 13.2. The topological polar surface area (TPSA) is 55.3 Å². The van der Waals surface area contributed by atoms with E-state index in [4.69, 9.17) is 9.72 Å². The number of aryl methyl sites for hydroxylation is 1. The lowest BCUT2D eigenvalue weighted by Gasteiger charge is -2.40. The minimum absolute atomic E-state index is 0.157. The molecule has 5 heteroatoms. The van der Waals surface area contributed by atoms with E-state index in [9.17, 15) is 4.79 Å². The van der Waals surface area contributed by atoms with E-state index in [0.29, 0.717) is 19.1 Å². The highest BCUT2D eigenvalue weighted by atomic mass is 16.5. The summed E-state index contributed by atoms with van der Waals surface area (Å²) in [5.74, 6) is 1.44. The summed E-state index contributed by atoms with van der Waals surface area (Å²) in [7, 11) is 0. The van der Waals surface area contributed by atoms with Crippen LogP contribution in [-0.2, 0) is 16.1 Å². The molecule has 0 N–H and O–H groups in total. The number of likely N-dealkylation sites (tertiary alicyclic amines) is 1. The molecule has 0 aromatic carbocycles. The number of carbonyl (C=O) groups is 1. The Labute approximate surface area is 157 Å². The van der Waals surface area contributed by atoms with Crippen molar-refractivity contribution in [3.63, 3.8) is 0 Å². The van der Waals surface area contributed by atoms with Crippen molar-refractivity contribution in [1.82, 2.24) is 14.9 Å². The largest absolute Gasteiger partial charge is 0.377 e. The fourth-order valence-electron chi connectivity index (χ4n) is 4.50. The minimum atomic E-state index is -0.157. The standard InChI is InChI=1S/C21H33N3O2/c1-4-26-15-18-13-22-16(2)23-19(18)17-9-8-12-24(14-17)20(25)21(3)10-6-5-7-11-21/h13,17H,4-12,14-15H2,1-3H3. The number of ether oxygens (including phenoxy) is 1. The first kappa shape index (κ1) is 19.3. The van der Waals surface area contributed by atoms with Crippen LogP contribution in [0.2, 0.25) is 0 Å². The van der Waals surface area contributed by atoms with Gasteiger partial charge in [0.25, 0.3) is 0 Å². The molecule has 144 valence electrons. The molecule has 1 amide bonds. The fraction of sp³-hybridized carbons (Fsp3) is 0.762. The predicted molar refractivity (Wildman–Crippen MR) is 102 cm³/mol. The monoisotopic (exact) mass is 359 g/mol. The Bertz CT molecular complexity index is 626. The van der Waals surface area contributed by atoms with Crippen LogP contribution in [-0.4, -0.2) is 40.5 Å². The minimum Gasteiger partial charge on any atom is -0.377 e. The van der Waals surface area contributed by atoms with Gasteiger partial charge in [-0.25, -0.2) is 9.97 Å². The molecular formula is C21H33N3O2. The van der Waals surface area contributed by atoms with E-state index in [0.717, 1.165) is 55.9 Å². The summed E-state index contributed by atoms with van der Waals surface area (Å²) in [5.41, 5.74) is 1.99. The van der Waals surface area contributed by atoms with E-state index in [1.807, 2.05) is 20.0 Å². The Morgan fingerprint density at radius 2 is 2.08 bits per heavy atom. The van der Waals surface area contributed by atoms with Gasteiger partial charge in [0.15, 0.2) is 0 Å². The molecule has 1 saturated carbocycles. The molecule has 1 unspecified atom stereocenters. The second-order valence-corrected chi connectivity index (χ2v) is 8.18. The molecule has 26 heavy (non-hydrogen) atoms. The summed E-state index contributed by atoms with van der Waals surface area (Å²) < 4.78 is 5.62. The lowest BCUT2D eigenvalue weighted by atomic mass is 9.74. The molecule has 0 radical (unpaired) electrons. The number of hydrogen-bond donors (Lipinski definition) is 0. The summed E-state index contributed by atoms with van der Waals surface area (Å²) >= 11 is 0. The smallest absolute Gasteiger partial charge is 0.228 e. The average Bonchev–Trinajstić information content (AvgIpc) is 2.67. The van der Waals surface area contributed by atoms with Gasteiger partial charge in [-0.05, 0) is 39.5 Å². The van der Waals surface area contributed by atoms with E-state index in [1.165, 1.54) is 19.3 Å². The van der Waals surface area contributed by atoms with Gasteiger partial charge in [0.05, 0.1) is 12.3 Å². The SMILES string of the molecule is CCOCc1cnc(C)nc1C1CCCN(C(=O)C2(C)CCCCC2)C1. The molecule has 2 heterocycles. The summed E-state index contributed by atoms with van der Waals surface area (Å²) in [6, 6.07) is 0. The number of hydrogen-bond acceptors (Lipinski definition) is 4. The Balaban J connectivity index is 1.76. The third-order valence-corrected chi connectivity index (χ3v) is 6.05. The quantitative estimate of drug-likeness (QED) is 0.797. The van der Waals surface area contributed by atoms with E-state index < -0.39 is 0 Å². The van der Waals surface area contributed by atoms with Crippen LogP contribution in [0, 0.1) is 12.3 Å². The van der Waals surface area contributed by atoms with Crippen LogP contribution >= 0.6 is 0 Å². The van der Waals surface area contributed by atoms with Crippen LogP contribution < -0.4 is 0 Å². The van der Waals surface area contributed by atoms with Gasteiger partial charge in [-0.15, -0.1) is 0 Å². The third kappa shape index (κ3) is 4.25. The van der Waals surface area contributed by atoms with Gasteiger partial charge in [0.2, 0.25) is 5.91 Å². The second-order valence-electron chi connectivity index (χ2n) is 8.18. The van der Waals surface area contributed by atoms with Gasteiger partial charge in [-0.1, -0.05) is 26.2 Å². The lowest BCUT2D eigenvalue weighted by molar-refractivity contribution is -0.144. The van der Waals surface area contributed by atoms with E-state index in [1.54, 1.807) is 0 Å². The Morgan fingerprint density at radius 1 is 1.31 bits per heavy atom. The lowest BCUT2D eigenvalue weighted by Crippen LogP contribution is -2.47. The van der Waals surface area contributed by atoms with Crippen LogP contribution in [0.25, 0.3) is 0 Å². The third-order valence-electron chi connectivity index (χ3n) is 6.05. The highest BCUT2D eigenvalue weighted by molar-refractivity contribution is 5.82. The van der Waals surface area contributed by atoms with Gasteiger partial charge in [-0.3, -0.25) is 4.79 Å². The Hall–Kier alpha value is -1.49. The van der Waals surface area contributed by atoms with Crippen molar-refractivity contribution in [2.75, 3.05) is 19.7 Å². The van der Waals surface area contributed by atoms with Crippen LogP contribution in [0.3, 0.4) is 0 Å². The summed E-state index contributed by atoms with van der Waals surface area (Å²) in [6.07, 6.45) is 9.74. The highest BCUT2D eigenvalue weighted by Gasteiger charge is 2.39. The highest BCUT2D eigenvalue weighted by Crippen LogP contribution is 2.39. The molecule has 0 bridgehead atoms. The fourth-order valence-corrected chi connectivity index (χ4v) is 4.50. The van der Waals surface area contributed by atoms with Gasteiger partial charge < -0.3 is 9.64 Å². The van der Waals surface area contributed by atoms with Crippen LogP contribution in [0.15, 0.2) is 6.20 Å². The number of aromatic nitrogens is 2. The van der Waals surface area contributed by atoms with Gasteiger partial charge >= 0.3 is 0 Å². The van der Waals surface area contributed by atoms with Crippen LogP contribution in [0.1, 0.15) is 81.8 Å². The number of carbonyl (C=O) groups excluding carboxylic acids is 1. The van der Waals surface area contributed by atoms with Gasteiger partial charge in [-0.2, -0.15) is 0 Å². The molecule has 1 aromatic rings. The first-order valence-corrected chi connectivity index (χ1v) is 10.2. The Morgan fingerprint density at radius 3 is 2.81 bits per heavy atom. The van der Waals surface area contributed by atoms with Crippen molar-refractivity contribution in [1.29, 1.82) is 0 Å². The molecule has 1 aliphatic carbocycles. The molecule has 1 atom stereocenters.